The molecule has 0 aliphatic heterocycles. The van der Waals surface area contributed by atoms with Crippen molar-refractivity contribution in [3.05, 3.63) is 53.6 Å². The van der Waals surface area contributed by atoms with E-state index >= 15 is 0 Å². The van der Waals surface area contributed by atoms with E-state index in [2.05, 4.69) is 21.8 Å². The zero-order valence-corrected chi connectivity index (χ0v) is 11.1. The molecule has 0 saturated heterocycles. The summed E-state index contributed by atoms with van der Waals surface area (Å²) in [7, 11) is 1.73. The molecule has 5 heteroatoms. The predicted molar refractivity (Wildman–Crippen MR) is 74.8 cm³/mol. The number of carbonyl (C=O) groups is 1. The van der Waals surface area contributed by atoms with E-state index < -0.39 is 0 Å². The number of rotatable bonds is 3. The molecule has 20 heavy (non-hydrogen) atoms. The summed E-state index contributed by atoms with van der Waals surface area (Å²) in [5.74, 6) is 6.01. The van der Waals surface area contributed by atoms with Gasteiger partial charge in [-0.2, -0.15) is 0 Å². The highest BCUT2D eigenvalue weighted by atomic mass is 16.2. The molecule has 102 valence electrons. The van der Waals surface area contributed by atoms with Crippen molar-refractivity contribution in [2.75, 3.05) is 13.7 Å². The van der Waals surface area contributed by atoms with Crippen molar-refractivity contribution in [1.29, 1.82) is 0 Å². The van der Waals surface area contributed by atoms with E-state index in [0.717, 1.165) is 11.4 Å². The summed E-state index contributed by atoms with van der Waals surface area (Å²) in [5.41, 5.74) is 1.36. The Labute approximate surface area is 117 Å². The van der Waals surface area contributed by atoms with Crippen LogP contribution in [0.4, 0.5) is 0 Å². The van der Waals surface area contributed by atoms with Crippen LogP contribution in [0.15, 0.2) is 36.7 Å². The van der Waals surface area contributed by atoms with Crippen molar-refractivity contribution in [2.24, 2.45) is 0 Å². The van der Waals surface area contributed by atoms with Crippen LogP contribution in [0.5, 0.6) is 0 Å². The second-order valence-corrected chi connectivity index (χ2v) is 4.23. The van der Waals surface area contributed by atoms with E-state index in [9.17, 15) is 4.79 Å². The fraction of sp³-hybridized carbons (Fsp3) is 0.200. The van der Waals surface area contributed by atoms with Gasteiger partial charge < -0.3 is 15.0 Å². The third-order valence-electron chi connectivity index (χ3n) is 2.73. The molecule has 0 atom stereocenters. The van der Waals surface area contributed by atoms with Gasteiger partial charge in [-0.25, -0.2) is 4.98 Å². The molecule has 2 aromatic rings. The van der Waals surface area contributed by atoms with Crippen LogP contribution in [-0.4, -0.2) is 39.5 Å². The summed E-state index contributed by atoms with van der Waals surface area (Å²) in [6.45, 7) is 0.254. The molecule has 0 spiro atoms. The van der Waals surface area contributed by atoms with E-state index in [1.54, 1.807) is 48.6 Å². The second kappa shape index (κ2) is 6.55. The smallest absolute Gasteiger partial charge is 0.254 e. The normalized spacial score (nSPS) is 9.70. The van der Waals surface area contributed by atoms with E-state index in [0.29, 0.717) is 12.1 Å². The zero-order valence-electron chi connectivity index (χ0n) is 11.1. The van der Waals surface area contributed by atoms with Gasteiger partial charge in [-0.15, -0.1) is 0 Å². The van der Waals surface area contributed by atoms with Crippen molar-refractivity contribution in [1.82, 2.24) is 14.9 Å². The van der Waals surface area contributed by atoms with Gasteiger partial charge in [-0.05, 0) is 24.3 Å². The van der Waals surface area contributed by atoms with Gasteiger partial charge in [-0.1, -0.05) is 11.8 Å². The quantitative estimate of drug-likeness (QED) is 0.818. The van der Waals surface area contributed by atoms with Crippen LogP contribution in [0.2, 0.25) is 0 Å². The molecule has 0 aliphatic carbocycles. The minimum atomic E-state index is -0.174. The van der Waals surface area contributed by atoms with Crippen molar-refractivity contribution in [2.45, 2.75) is 6.54 Å². The molecule has 1 aromatic heterocycles. The number of H-pyrrole nitrogens is 1. The number of hydrogen-bond donors (Lipinski definition) is 2. The average molecular weight is 269 g/mol. The highest BCUT2D eigenvalue weighted by Crippen LogP contribution is 2.08. The highest BCUT2D eigenvalue weighted by molar-refractivity contribution is 5.94. The first-order valence-electron chi connectivity index (χ1n) is 6.14. The number of amides is 1. The number of aliphatic hydroxyl groups is 1. The number of carbonyl (C=O) groups excluding carboxylic acids is 1. The molecule has 0 bridgehead atoms. The van der Waals surface area contributed by atoms with Crippen molar-refractivity contribution < 1.29 is 9.90 Å². The van der Waals surface area contributed by atoms with Crippen LogP contribution in [0.1, 0.15) is 21.7 Å². The Balaban J connectivity index is 2.05. The summed E-state index contributed by atoms with van der Waals surface area (Å²) in [6, 6.07) is 6.97. The number of aromatic amines is 1. The molecule has 0 saturated carbocycles. The molecule has 0 radical (unpaired) electrons. The number of aliphatic hydroxyl groups excluding tert-OH is 1. The Morgan fingerprint density at radius 1 is 1.40 bits per heavy atom. The molecule has 0 aliphatic rings. The first kappa shape index (κ1) is 13.8. The summed E-state index contributed by atoms with van der Waals surface area (Å²) in [5, 5.41) is 8.62. The van der Waals surface area contributed by atoms with Gasteiger partial charge in [0.25, 0.3) is 5.91 Å². The lowest BCUT2D eigenvalue weighted by Crippen LogP contribution is -2.26. The van der Waals surface area contributed by atoms with E-state index in [1.165, 1.54) is 0 Å². The molecular weight excluding hydrogens is 254 g/mol. The maximum absolute atomic E-state index is 12.2. The zero-order chi connectivity index (χ0) is 14.4. The van der Waals surface area contributed by atoms with Gasteiger partial charge in [0.1, 0.15) is 12.4 Å². The molecule has 2 rings (SSSR count). The Morgan fingerprint density at radius 2 is 2.15 bits per heavy atom. The Bertz CT molecular complexity index is 621. The third-order valence-corrected chi connectivity index (χ3v) is 2.73. The lowest BCUT2D eigenvalue weighted by atomic mass is 10.1. The van der Waals surface area contributed by atoms with Gasteiger partial charge in [0, 0.05) is 30.6 Å². The van der Waals surface area contributed by atoms with Crippen LogP contribution >= 0.6 is 0 Å². The molecule has 1 heterocycles. The van der Waals surface area contributed by atoms with Crippen LogP contribution in [0, 0.1) is 11.8 Å². The minimum absolute atomic E-state index is 0.0805. The van der Waals surface area contributed by atoms with E-state index in [4.69, 9.17) is 5.11 Å². The number of nitrogens with one attached hydrogen (secondary N) is 1. The maximum atomic E-state index is 12.2. The van der Waals surface area contributed by atoms with Crippen LogP contribution in [0.3, 0.4) is 0 Å². The second-order valence-electron chi connectivity index (χ2n) is 4.23. The summed E-state index contributed by atoms with van der Waals surface area (Å²) in [6.07, 6.45) is 3.38. The predicted octanol–water partition coefficient (Wildman–Crippen LogP) is 1.03. The molecule has 1 aromatic carbocycles. The molecule has 0 fully saturated rings. The SMILES string of the molecule is CN(Cc1ncc[nH]1)C(=O)c1ccc(C#CCO)cc1. The topological polar surface area (TPSA) is 69.2 Å². The van der Waals surface area contributed by atoms with Crippen molar-refractivity contribution in [3.8, 4) is 11.8 Å². The van der Waals surface area contributed by atoms with Gasteiger partial charge in [0.2, 0.25) is 0 Å². The maximum Gasteiger partial charge on any atom is 0.254 e. The summed E-state index contributed by atoms with van der Waals surface area (Å²) >= 11 is 0. The first-order valence-corrected chi connectivity index (χ1v) is 6.14. The lowest BCUT2D eigenvalue weighted by Gasteiger charge is -2.15. The van der Waals surface area contributed by atoms with Crippen LogP contribution in [0.25, 0.3) is 0 Å². The number of nitrogens with zero attached hydrogens (tertiary/aromatic N) is 2. The number of imidazole rings is 1. The third kappa shape index (κ3) is 3.46. The largest absolute Gasteiger partial charge is 0.384 e. The Kier molecular flexibility index (Phi) is 4.53. The lowest BCUT2D eigenvalue weighted by molar-refractivity contribution is 0.0782. The summed E-state index contributed by atoms with van der Waals surface area (Å²) < 4.78 is 0. The average Bonchev–Trinajstić information content (AvgIpc) is 2.97. The number of benzene rings is 1. The molecule has 1 amide bonds. The highest BCUT2D eigenvalue weighted by Gasteiger charge is 2.12. The first-order chi connectivity index (χ1) is 9.70. The molecule has 2 N–H and O–H groups in total. The van der Waals surface area contributed by atoms with Gasteiger partial charge in [0.05, 0.1) is 6.54 Å². The van der Waals surface area contributed by atoms with E-state index in [1.807, 2.05) is 0 Å². The van der Waals surface area contributed by atoms with Crippen molar-refractivity contribution >= 4 is 5.91 Å². The van der Waals surface area contributed by atoms with Crippen LogP contribution < -0.4 is 0 Å². The molecule has 5 nitrogen and oxygen atoms in total. The molecule has 0 unspecified atom stereocenters. The van der Waals surface area contributed by atoms with Gasteiger partial charge in [-0.3, -0.25) is 4.79 Å². The van der Waals surface area contributed by atoms with Gasteiger partial charge in [0.15, 0.2) is 0 Å². The van der Waals surface area contributed by atoms with Gasteiger partial charge >= 0.3 is 0 Å². The fourth-order valence-corrected chi connectivity index (χ4v) is 1.74. The Morgan fingerprint density at radius 3 is 2.75 bits per heavy atom. The van der Waals surface area contributed by atoms with E-state index in [-0.39, 0.29) is 12.5 Å². The summed E-state index contributed by atoms with van der Waals surface area (Å²) in [4.78, 5) is 20.8. The number of aromatic nitrogens is 2. The number of hydrogen-bond acceptors (Lipinski definition) is 3. The fourth-order valence-electron chi connectivity index (χ4n) is 1.74. The standard InChI is InChI=1S/C15H15N3O2/c1-18(11-14-16-8-9-17-14)15(20)13-6-4-12(5-7-13)3-2-10-19/h4-9,19H,10-11H2,1H3,(H,16,17). The van der Waals surface area contributed by atoms with Crippen molar-refractivity contribution in [3.63, 3.8) is 0 Å². The Hall–Kier alpha value is -2.58. The van der Waals surface area contributed by atoms with Crippen LogP contribution in [-0.2, 0) is 6.54 Å². The molecular formula is C15H15N3O2. The minimum Gasteiger partial charge on any atom is -0.384 e. The monoisotopic (exact) mass is 269 g/mol.